The summed E-state index contributed by atoms with van der Waals surface area (Å²) >= 11 is 0. The lowest BCUT2D eigenvalue weighted by atomic mass is 10.0. The van der Waals surface area contributed by atoms with E-state index in [0.29, 0.717) is 6.42 Å². The van der Waals surface area contributed by atoms with E-state index in [1.165, 1.54) is 167 Å². The van der Waals surface area contributed by atoms with Gasteiger partial charge in [0.1, 0.15) is 6.61 Å². The molecule has 0 aliphatic heterocycles. The average Bonchev–Trinajstić information content (AvgIpc) is 3.74. The second-order valence-corrected chi connectivity index (χ2v) is 25.9. The average molecular weight is 1280 g/mol. The third-order valence-corrected chi connectivity index (χ3v) is 16.7. The van der Waals surface area contributed by atoms with Crippen LogP contribution in [0.4, 0.5) is 0 Å². The van der Waals surface area contributed by atoms with Gasteiger partial charge >= 0.3 is 19.8 Å². The summed E-state index contributed by atoms with van der Waals surface area (Å²) in [4.78, 5) is 35.4. The summed E-state index contributed by atoms with van der Waals surface area (Å²) < 4.78 is 33.2. The molecule has 0 aliphatic rings. The number of esters is 2. The fourth-order valence-electron chi connectivity index (χ4n) is 10.3. The van der Waals surface area contributed by atoms with Gasteiger partial charge in [0.05, 0.1) is 13.2 Å². The lowest BCUT2D eigenvalue weighted by Gasteiger charge is -2.19. The molecule has 91 heavy (non-hydrogen) atoms. The number of rotatable bonds is 69. The van der Waals surface area contributed by atoms with E-state index < -0.39 is 26.5 Å². The van der Waals surface area contributed by atoms with Crippen LogP contribution in [-0.4, -0.2) is 49.3 Å². The molecular weight excluding hydrogens is 1150 g/mol. The van der Waals surface area contributed by atoms with E-state index in [-0.39, 0.29) is 38.6 Å². The third-order valence-electron chi connectivity index (χ3n) is 15.7. The lowest BCUT2D eigenvalue weighted by molar-refractivity contribution is -0.161. The van der Waals surface area contributed by atoms with Gasteiger partial charge in [-0.05, 0) is 116 Å². The molecule has 0 fully saturated rings. The summed E-state index contributed by atoms with van der Waals surface area (Å²) in [7, 11) is -4.41. The van der Waals surface area contributed by atoms with Crippen molar-refractivity contribution in [2.45, 2.75) is 328 Å². The Labute approximate surface area is 560 Å². The third kappa shape index (κ3) is 74.8. The molecule has 0 radical (unpaired) electrons. The molecule has 520 valence electrons. The summed E-state index contributed by atoms with van der Waals surface area (Å²) in [6, 6.07) is 0. The molecule has 0 amide bonds. The number of carbonyl (C=O) groups excluding carboxylic acids is 2. The molecule has 0 aromatic heterocycles. The van der Waals surface area contributed by atoms with E-state index in [0.717, 1.165) is 122 Å². The van der Waals surface area contributed by atoms with Crippen LogP contribution < -0.4 is 5.73 Å². The van der Waals surface area contributed by atoms with Gasteiger partial charge < -0.3 is 20.1 Å². The lowest BCUT2D eigenvalue weighted by Crippen LogP contribution is -2.29. The van der Waals surface area contributed by atoms with Crippen LogP contribution in [0.5, 0.6) is 0 Å². The van der Waals surface area contributed by atoms with Gasteiger partial charge in [-0.15, -0.1) is 0 Å². The molecular formula is C81H138NO8P. The Morgan fingerprint density at radius 1 is 0.330 bits per heavy atom. The fourth-order valence-corrected chi connectivity index (χ4v) is 11.1. The minimum Gasteiger partial charge on any atom is -0.462 e. The Morgan fingerprint density at radius 2 is 0.571 bits per heavy atom. The molecule has 0 saturated carbocycles. The second kappa shape index (κ2) is 74.9. The van der Waals surface area contributed by atoms with Crippen LogP contribution in [0, 0.1) is 0 Å². The zero-order chi connectivity index (χ0) is 65.8. The summed E-state index contributed by atoms with van der Waals surface area (Å²) in [6.45, 7) is 3.53. The number of nitrogens with two attached hydrogens (primary N) is 1. The highest BCUT2D eigenvalue weighted by atomic mass is 31.2. The van der Waals surface area contributed by atoms with E-state index in [9.17, 15) is 19.0 Å². The van der Waals surface area contributed by atoms with Gasteiger partial charge in [-0.2, -0.15) is 0 Å². The van der Waals surface area contributed by atoms with Gasteiger partial charge in [-0.1, -0.05) is 339 Å². The molecule has 0 spiro atoms. The van der Waals surface area contributed by atoms with Crippen molar-refractivity contribution in [1.29, 1.82) is 0 Å². The number of hydrogen-bond acceptors (Lipinski definition) is 8. The molecule has 0 aromatic rings. The van der Waals surface area contributed by atoms with E-state index >= 15 is 0 Å². The van der Waals surface area contributed by atoms with Crippen molar-refractivity contribution in [3.05, 3.63) is 146 Å². The summed E-state index contributed by atoms with van der Waals surface area (Å²) in [5.41, 5.74) is 5.41. The Bertz CT molecular complexity index is 2010. The summed E-state index contributed by atoms with van der Waals surface area (Å²) in [5, 5.41) is 0. The topological polar surface area (TPSA) is 134 Å². The Kier molecular flexibility index (Phi) is 71.5. The van der Waals surface area contributed by atoms with Crippen LogP contribution in [-0.2, 0) is 32.7 Å². The molecule has 0 aliphatic carbocycles. The summed E-state index contributed by atoms with van der Waals surface area (Å²) in [6.07, 6.45) is 108. The van der Waals surface area contributed by atoms with Crippen molar-refractivity contribution >= 4 is 19.8 Å². The minimum absolute atomic E-state index is 0.0469. The number of carbonyl (C=O) groups is 2. The zero-order valence-corrected chi connectivity index (χ0v) is 59.4. The van der Waals surface area contributed by atoms with Crippen LogP contribution in [0.1, 0.15) is 322 Å². The van der Waals surface area contributed by atoms with E-state index in [2.05, 4.69) is 160 Å². The highest BCUT2D eigenvalue weighted by molar-refractivity contribution is 7.47. The molecule has 3 N–H and O–H groups in total. The van der Waals surface area contributed by atoms with Crippen LogP contribution in [0.3, 0.4) is 0 Å². The number of unbranched alkanes of at least 4 members (excludes halogenated alkanes) is 32. The second-order valence-electron chi connectivity index (χ2n) is 24.4. The van der Waals surface area contributed by atoms with Gasteiger partial charge in [0.2, 0.25) is 0 Å². The first-order valence-electron chi connectivity index (χ1n) is 37.3. The van der Waals surface area contributed by atoms with Crippen molar-refractivity contribution in [2.75, 3.05) is 26.4 Å². The Morgan fingerprint density at radius 3 is 0.846 bits per heavy atom. The predicted octanol–water partition coefficient (Wildman–Crippen LogP) is 25.0. The molecule has 9 nitrogen and oxygen atoms in total. The maximum Gasteiger partial charge on any atom is 0.472 e. The molecule has 2 atom stereocenters. The molecule has 0 saturated heterocycles. The van der Waals surface area contributed by atoms with Crippen molar-refractivity contribution in [1.82, 2.24) is 0 Å². The normalized spacial score (nSPS) is 13.8. The highest BCUT2D eigenvalue weighted by Gasteiger charge is 2.26. The van der Waals surface area contributed by atoms with Crippen molar-refractivity contribution in [3.8, 4) is 0 Å². The van der Waals surface area contributed by atoms with Gasteiger partial charge in [0.15, 0.2) is 6.10 Å². The van der Waals surface area contributed by atoms with Gasteiger partial charge in [-0.3, -0.25) is 18.6 Å². The molecule has 2 unspecified atom stereocenters. The van der Waals surface area contributed by atoms with Crippen molar-refractivity contribution in [3.63, 3.8) is 0 Å². The van der Waals surface area contributed by atoms with Crippen molar-refractivity contribution < 1.29 is 37.6 Å². The SMILES string of the molecule is CC/C=C\C/C=C\C/C=C\C/C=C\C/C=C\C/C=C\C/C=C\C/C=C\CCCCCCCCCCC(=O)OC(COC(=O)CCCCCCCCCCCCCCCCCCCCCCCCCC/C=C\C/C=C\C/C=C\C/C=C\CC)COP(=O)(O)OCCN. The van der Waals surface area contributed by atoms with Gasteiger partial charge in [0, 0.05) is 19.4 Å². The first kappa shape index (κ1) is 86.9. The van der Waals surface area contributed by atoms with E-state index in [4.69, 9.17) is 24.3 Å². The fraction of sp³-hybridized carbons (Fsp3) is 0.679. The first-order valence-corrected chi connectivity index (χ1v) is 38.8. The Hall–Kier alpha value is -4.11. The molecule has 0 rings (SSSR count). The standard InChI is InChI=1S/C81H138NO8P/c1-3-5-7-9-11-13-15-17-19-21-23-25-27-29-31-33-35-37-38-39-40-42-43-45-47-49-51-53-55-57-59-61-63-65-67-69-71-73-80(83)87-77-79(78-89-91(85,86)88-76-75-82)90-81(84)74-72-70-68-66-64-62-60-58-56-54-52-50-48-46-44-41-36-34-32-30-28-26-24-22-20-18-16-14-12-10-8-6-4-2/h5-8,11-14,17-20,23-26,30,32,36,41,46,48,52,54,79H,3-4,9-10,15-16,21-22,27-29,31,33-35,37-40,42-45,47,49-51,53,55-78,82H2,1-2H3,(H,85,86)/b7-5-,8-6-,13-11-,14-12-,19-17-,20-18-,25-23-,26-24-,32-30-,41-36-,48-46-,54-52-. The van der Waals surface area contributed by atoms with E-state index in [1.54, 1.807) is 0 Å². The quantitative estimate of drug-likeness (QED) is 0.0264. The number of phosphoric ester groups is 1. The molecule has 10 heteroatoms. The smallest absolute Gasteiger partial charge is 0.462 e. The van der Waals surface area contributed by atoms with Gasteiger partial charge in [-0.25, -0.2) is 4.57 Å². The zero-order valence-electron chi connectivity index (χ0n) is 58.5. The number of phosphoric acid groups is 1. The number of ether oxygens (including phenoxy) is 2. The molecule has 0 heterocycles. The maximum absolute atomic E-state index is 12.8. The van der Waals surface area contributed by atoms with Crippen LogP contribution in [0.25, 0.3) is 0 Å². The molecule has 0 bridgehead atoms. The largest absolute Gasteiger partial charge is 0.472 e. The van der Waals surface area contributed by atoms with Crippen molar-refractivity contribution in [2.24, 2.45) is 5.73 Å². The monoisotopic (exact) mass is 1280 g/mol. The van der Waals surface area contributed by atoms with E-state index in [1.807, 2.05) is 0 Å². The van der Waals surface area contributed by atoms with Gasteiger partial charge in [0.25, 0.3) is 0 Å². The number of allylic oxidation sites excluding steroid dienone is 24. The van der Waals surface area contributed by atoms with Crippen LogP contribution >= 0.6 is 7.82 Å². The van der Waals surface area contributed by atoms with Crippen LogP contribution in [0.2, 0.25) is 0 Å². The van der Waals surface area contributed by atoms with Crippen LogP contribution in [0.15, 0.2) is 146 Å². The minimum atomic E-state index is -4.41. The first-order chi connectivity index (χ1) is 44.8. The predicted molar refractivity (Wildman–Crippen MR) is 394 cm³/mol. The maximum atomic E-state index is 12.8. The number of hydrogen-bond donors (Lipinski definition) is 2. The molecule has 0 aromatic carbocycles. The Balaban J connectivity index is 3.87. The summed E-state index contributed by atoms with van der Waals surface area (Å²) in [5.74, 6) is -0.833. The highest BCUT2D eigenvalue weighted by Crippen LogP contribution is 2.43.